The maximum atomic E-state index is 13.4. The van der Waals surface area contributed by atoms with E-state index in [4.69, 9.17) is 5.11 Å². The minimum atomic E-state index is -0.873. The third-order valence-corrected chi connectivity index (χ3v) is 3.10. The van der Waals surface area contributed by atoms with Crippen molar-refractivity contribution < 1.29 is 14.3 Å². The summed E-state index contributed by atoms with van der Waals surface area (Å²) in [4.78, 5) is 11.2. The van der Waals surface area contributed by atoms with Crippen molar-refractivity contribution in [2.45, 2.75) is 6.42 Å². The van der Waals surface area contributed by atoms with Gasteiger partial charge in [-0.05, 0) is 23.1 Å². The summed E-state index contributed by atoms with van der Waals surface area (Å²) in [7, 11) is 0. The first-order valence-electron chi connectivity index (χ1n) is 4.71. The number of carboxylic acid groups (broad SMARTS) is 1. The second kappa shape index (κ2) is 4.45. The smallest absolute Gasteiger partial charge is 0.308 e. The maximum Gasteiger partial charge on any atom is 0.308 e. The molecular formula is C12H9FO2S. The van der Waals surface area contributed by atoms with E-state index in [2.05, 4.69) is 0 Å². The molecule has 0 amide bonds. The van der Waals surface area contributed by atoms with Crippen LogP contribution in [0.2, 0.25) is 0 Å². The van der Waals surface area contributed by atoms with E-state index in [-0.39, 0.29) is 12.2 Å². The van der Waals surface area contributed by atoms with Crippen molar-refractivity contribution in [3.8, 4) is 11.1 Å². The number of hydrogen-bond acceptors (Lipinski definition) is 2. The molecule has 0 atom stereocenters. The Labute approximate surface area is 96.0 Å². The molecule has 0 aliphatic heterocycles. The number of rotatable bonds is 3. The average molecular weight is 236 g/mol. The minimum Gasteiger partial charge on any atom is -0.481 e. The lowest BCUT2D eigenvalue weighted by Gasteiger charge is -1.98. The number of carbonyl (C=O) groups is 1. The lowest BCUT2D eigenvalue weighted by atomic mass is 10.1. The van der Waals surface area contributed by atoms with Crippen LogP contribution in [0.4, 0.5) is 4.39 Å². The van der Waals surface area contributed by atoms with Gasteiger partial charge in [-0.25, -0.2) is 4.39 Å². The fourth-order valence-electron chi connectivity index (χ4n) is 1.46. The first-order valence-corrected chi connectivity index (χ1v) is 5.59. The predicted molar refractivity (Wildman–Crippen MR) is 61.1 cm³/mol. The molecule has 2 rings (SSSR count). The van der Waals surface area contributed by atoms with E-state index in [1.54, 1.807) is 29.6 Å². The summed E-state index contributed by atoms with van der Waals surface area (Å²) in [5, 5.41) is 10.4. The number of halogens is 1. The van der Waals surface area contributed by atoms with Gasteiger partial charge in [0, 0.05) is 10.4 Å². The second-order valence-corrected chi connectivity index (χ2v) is 4.35. The molecule has 0 unspecified atom stereocenters. The number of carboxylic acids is 1. The molecule has 0 fully saturated rings. The van der Waals surface area contributed by atoms with Gasteiger partial charge in [0.1, 0.15) is 5.82 Å². The molecule has 1 heterocycles. The zero-order valence-electron chi connectivity index (χ0n) is 8.31. The molecule has 1 aromatic heterocycles. The van der Waals surface area contributed by atoms with Crippen molar-refractivity contribution >= 4 is 17.3 Å². The molecule has 0 aliphatic carbocycles. The molecule has 82 valence electrons. The van der Waals surface area contributed by atoms with Crippen molar-refractivity contribution in [1.82, 2.24) is 0 Å². The summed E-state index contributed by atoms with van der Waals surface area (Å²) in [6.07, 6.45) is -0.0148. The predicted octanol–water partition coefficient (Wildman–Crippen LogP) is 3.18. The van der Waals surface area contributed by atoms with E-state index in [1.807, 2.05) is 0 Å². The topological polar surface area (TPSA) is 37.3 Å². The van der Waals surface area contributed by atoms with E-state index in [9.17, 15) is 9.18 Å². The molecule has 16 heavy (non-hydrogen) atoms. The summed E-state index contributed by atoms with van der Waals surface area (Å²) in [5.41, 5.74) is 1.25. The summed E-state index contributed by atoms with van der Waals surface area (Å²) >= 11 is 1.33. The molecular weight excluding hydrogens is 227 g/mol. The van der Waals surface area contributed by atoms with E-state index in [0.29, 0.717) is 5.56 Å². The molecule has 1 aromatic carbocycles. The van der Waals surface area contributed by atoms with Crippen LogP contribution in [-0.4, -0.2) is 11.1 Å². The Morgan fingerprint density at radius 3 is 2.81 bits per heavy atom. The van der Waals surface area contributed by atoms with Gasteiger partial charge in [-0.15, -0.1) is 11.3 Å². The van der Waals surface area contributed by atoms with Crippen LogP contribution in [0.25, 0.3) is 11.1 Å². The van der Waals surface area contributed by atoms with Crippen molar-refractivity contribution in [2.24, 2.45) is 0 Å². The molecule has 2 nitrogen and oxygen atoms in total. The lowest BCUT2D eigenvalue weighted by Crippen LogP contribution is -1.97. The highest BCUT2D eigenvalue weighted by atomic mass is 32.1. The highest BCUT2D eigenvalue weighted by molar-refractivity contribution is 7.10. The van der Waals surface area contributed by atoms with Crippen LogP contribution in [0.15, 0.2) is 35.7 Å². The van der Waals surface area contributed by atoms with E-state index < -0.39 is 5.97 Å². The third-order valence-electron chi connectivity index (χ3n) is 2.16. The zero-order chi connectivity index (χ0) is 11.5. The zero-order valence-corrected chi connectivity index (χ0v) is 9.13. The van der Waals surface area contributed by atoms with Crippen LogP contribution in [-0.2, 0) is 11.2 Å². The van der Waals surface area contributed by atoms with Gasteiger partial charge >= 0.3 is 5.97 Å². The van der Waals surface area contributed by atoms with Crippen molar-refractivity contribution in [3.05, 3.63) is 46.4 Å². The largest absolute Gasteiger partial charge is 0.481 e. The number of hydrogen-bond donors (Lipinski definition) is 1. The Kier molecular flexibility index (Phi) is 3.01. The normalized spacial score (nSPS) is 10.3. The number of thiophene rings is 1. The van der Waals surface area contributed by atoms with Gasteiger partial charge in [0.25, 0.3) is 0 Å². The highest BCUT2D eigenvalue weighted by Gasteiger charge is 2.08. The standard InChI is InChI=1S/C12H9FO2S/c13-11-4-2-1-3-10(11)8-5-9(16-7-8)6-12(14)15/h1-5,7H,6H2,(H,14,15). The quantitative estimate of drug-likeness (QED) is 0.888. The summed E-state index contributed by atoms with van der Waals surface area (Å²) in [6.45, 7) is 0. The van der Waals surface area contributed by atoms with Crippen LogP contribution >= 0.6 is 11.3 Å². The van der Waals surface area contributed by atoms with Crippen molar-refractivity contribution in [3.63, 3.8) is 0 Å². The second-order valence-electron chi connectivity index (χ2n) is 3.35. The molecule has 2 aromatic rings. The number of aliphatic carboxylic acids is 1. The van der Waals surface area contributed by atoms with Crippen LogP contribution in [0.1, 0.15) is 4.88 Å². The Balaban J connectivity index is 2.32. The van der Waals surface area contributed by atoms with E-state index >= 15 is 0 Å². The average Bonchev–Trinajstić information content (AvgIpc) is 2.66. The van der Waals surface area contributed by atoms with Crippen LogP contribution < -0.4 is 0 Å². The molecule has 0 saturated heterocycles. The first-order chi connectivity index (χ1) is 7.66. The summed E-state index contributed by atoms with van der Waals surface area (Å²) in [6, 6.07) is 8.18. The van der Waals surface area contributed by atoms with Gasteiger partial charge < -0.3 is 5.11 Å². The highest BCUT2D eigenvalue weighted by Crippen LogP contribution is 2.27. The minimum absolute atomic E-state index is 0.0148. The maximum absolute atomic E-state index is 13.4. The Morgan fingerprint density at radius 1 is 1.38 bits per heavy atom. The van der Waals surface area contributed by atoms with E-state index in [0.717, 1.165) is 10.4 Å². The van der Waals surface area contributed by atoms with Gasteiger partial charge in [0.15, 0.2) is 0 Å². The Bertz CT molecular complexity index is 519. The van der Waals surface area contributed by atoms with Crippen molar-refractivity contribution in [2.75, 3.05) is 0 Å². The molecule has 0 aliphatic rings. The van der Waals surface area contributed by atoms with Crippen molar-refractivity contribution in [1.29, 1.82) is 0 Å². The van der Waals surface area contributed by atoms with Crippen LogP contribution in [0.3, 0.4) is 0 Å². The SMILES string of the molecule is O=C(O)Cc1cc(-c2ccccc2F)cs1. The third kappa shape index (κ3) is 2.28. The fourth-order valence-corrected chi connectivity index (χ4v) is 2.33. The molecule has 0 saturated carbocycles. The number of benzene rings is 1. The van der Waals surface area contributed by atoms with Crippen LogP contribution in [0, 0.1) is 5.82 Å². The van der Waals surface area contributed by atoms with E-state index in [1.165, 1.54) is 17.4 Å². The van der Waals surface area contributed by atoms with Gasteiger partial charge in [-0.2, -0.15) is 0 Å². The Morgan fingerprint density at radius 2 is 2.12 bits per heavy atom. The van der Waals surface area contributed by atoms with Gasteiger partial charge in [0.2, 0.25) is 0 Å². The van der Waals surface area contributed by atoms with Crippen LogP contribution in [0.5, 0.6) is 0 Å². The molecule has 1 N–H and O–H groups in total. The lowest BCUT2D eigenvalue weighted by molar-refractivity contribution is -0.136. The first kappa shape index (κ1) is 10.8. The van der Waals surface area contributed by atoms with Gasteiger partial charge in [0.05, 0.1) is 6.42 Å². The van der Waals surface area contributed by atoms with Gasteiger partial charge in [-0.3, -0.25) is 4.79 Å². The summed E-state index contributed by atoms with van der Waals surface area (Å²) < 4.78 is 13.4. The molecule has 4 heteroatoms. The Hall–Kier alpha value is -1.68. The summed E-state index contributed by atoms with van der Waals surface area (Å²) in [5.74, 6) is -1.16. The van der Waals surface area contributed by atoms with Gasteiger partial charge in [-0.1, -0.05) is 18.2 Å². The molecule has 0 bridgehead atoms. The fraction of sp³-hybridized carbons (Fsp3) is 0.0833. The molecule has 0 radical (unpaired) electrons. The monoisotopic (exact) mass is 236 g/mol. The molecule has 0 spiro atoms.